The van der Waals surface area contributed by atoms with E-state index < -0.39 is 0 Å². The van der Waals surface area contributed by atoms with Gasteiger partial charge < -0.3 is 4.74 Å². The first kappa shape index (κ1) is 10.2. The summed E-state index contributed by atoms with van der Waals surface area (Å²) in [6, 6.07) is 1.83. The van der Waals surface area contributed by atoms with Gasteiger partial charge in [0.15, 0.2) is 6.73 Å². The van der Waals surface area contributed by atoms with Crippen LogP contribution in [0.1, 0.15) is 5.56 Å². The molecule has 15 heavy (non-hydrogen) atoms. The quantitative estimate of drug-likeness (QED) is 0.731. The predicted octanol–water partition coefficient (Wildman–Crippen LogP) is 1.98. The molecule has 1 aromatic heterocycles. The number of ether oxygens (including phenoxy) is 1. The molecule has 2 heterocycles. The van der Waals surface area contributed by atoms with Crippen molar-refractivity contribution >= 4 is 21.8 Å². The highest BCUT2D eigenvalue weighted by molar-refractivity contribution is 9.11. The van der Waals surface area contributed by atoms with Gasteiger partial charge in [-0.25, -0.2) is 0 Å². The van der Waals surface area contributed by atoms with Crippen LogP contribution in [-0.4, -0.2) is 29.5 Å². The van der Waals surface area contributed by atoms with Crippen molar-refractivity contribution < 1.29 is 4.74 Å². The number of aromatic nitrogens is 1. The van der Waals surface area contributed by atoms with Gasteiger partial charge in [0.2, 0.25) is 0 Å². The molecule has 0 N–H and O–H groups in total. The third kappa shape index (κ3) is 1.74. The van der Waals surface area contributed by atoms with Crippen molar-refractivity contribution in [3.63, 3.8) is 0 Å². The Balaban J connectivity index is 2.48. The minimum atomic E-state index is 0.410. The smallest absolute Gasteiger partial charge is 0.167 e. The third-order valence-electron chi connectivity index (χ3n) is 2.13. The Morgan fingerprint density at radius 3 is 3.20 bits per heavy atom. The predicted molar refractivity (Wildman–Crippen MR) is 62.1 cm³/mol. The number of aliphatic imine (C=N–C) groups is 1. The summed E-state index contributed by atoms with van der Waals surface area (Å²) in [6.45, 7) is 4.22. The third-order valence-corrected chi connectivity index (χ3v) is 2.56. The lowest BCUT2D eigenvalue weighted by molar-refractivity contribution is 0.214. The van der Waals surface area contributed by atoms with E-state index in [4.69, 9.17) is 4.74 Å². The van der Waals surface area contributed by atoms with E-state index in [-0.39, 0.29) is 0 Å². The first-order valence-corrected chi connectivity index (χ1v) is 5.19. The van der Waals surface area contributed by atoms with E-state index in [2.05, 4.69) is 32.5 Å². The molecule has 5 heteroatoms. The lowest BCUT2D eigenvalue weighted by Crippen LogP contribution is -2.36. The second kappa shape index (κ2) is 4.02. The highest BCUT2D eigenvalue weighted by Gasteiger charge is 2.24. The van der Waals surface area contributed by atoms with Crippen LogP contribution in [0.4, 0.5) is 0 Å². The molecule has 0 unspecified atom stereocenters. The summed E-state index contributed by atoms with van der Waals surface area (Å²) in [5.41, 5.74) is 0.881. The van der Waals surface area contributed by atoms with E-state index in [0.29, 0.717) is 6.73 Å². The minimum Gasteiger partial charge on any atom is -0.472 e. The van der Waals surface area contributed by atoms with Crippen molar-refractivity contribution in [1.82, 2.24) is 9.88 Å². The standard InChI is InChI=1S/C10H10BrN3O/c1-7(11)14-6-15-9-3-4-13-5-8(9)10(14)12-2/h3-5H,1,6H2,2H3. The number of hydrogen-bond donors (Lipinski definition) is 0. The number of nitrogens with zero attached hydrogens (tertiary/aromatic N) is 3. The fourth-order valence-electron chi connectivity index (χ4n) is 1.44. The van der Waals surface area contributed by atoms with E-state index in [1.807, 2.05) is 11.0 Å². The second-order valence-corrected chi connectivity index (χ2v) is 3.91. The number of rotatable bonds is 1. The van der Waals surface area contributed by atoms with Gasteiger partial charge in [-0.05, 0) is 22.0 Å². The lowest BCUT2D eigenvalue weighted by atomic mass is 10.2. The van der Waals surface area contributed by atoms with Crippen molar-refractivity contribution in [3.05, 3.63) is 35.2 Å². The molecule has 1 aliphatic rings. The summed E-state index contributed by atoms with van der Waals surface area (Å²) in [4.78, 5) is 10.1. The van der Waals surface area contributed by atoms with E-state index in [1.165, 1.54) is 0 Å². The molecular weight excluding hydrogens is 258 g/mol. The SMILES string of the molecule is C=C(Br)N1COc2ccncc2C1=NC. The molecule has 1 aliphatic heterocycles. The van der Waals surface area contributed by atoms with Crippen LogP contribution >= 0.6 is 15.9 Å². The fourth-order valence-corrected chi connectivity index (χ4v) is 1.71. The molecule has 0 bridgehead atoms. The molecule has 0 aliphatic carbocycles. The Kier molecular flexibility index (Phi) is 2.73. The van der Waals surface area contributed by atoms with Gasteiger partial charge in [0, 0.05) is 19.4 Å². The average molecular weight is 268 g/mol. The van der Waals surface area contributed by atoms with Gasteiger partial charge in [-0.1, -0.05) is 6.58 Å². The number of pyridine rings is 1. The first-order chi connectivity index (χ1) is 7.24. The Labute approximate surface area is 96.4 Å². The van der Waals surface area contributed by atoms with Crippen molar-refractivity contribution in [1.29, 1.82) is 0 Å². The molecule has 0 radical (unpaired) electrons. The number of hydrogen-bond acceptors (Lipinski definition) is 3. The van der Waals surface area contributed by atoms with Crippen LogP contribution in [0.25, 0.3) is 0 Å². The fraction of sp³-hybridized carbons (Fsp3) is 0.200. The zero-order chi connectivity index (χ0) is 10.8. The zero-order valence-electron chi connectivity index (χ0n) is 8.27. The summed E-state index contributed by atoms with van der Waals surface area (Å²) < 4.78 is 6.26. The normalized spacial score (nSPS) is 17.2. The van der Waals surface area contributed by atoms with Crippen LogP contribution in [0, 0.1) is 0 Å². The Bertz CT molecular complexity index is 430. The molecule has 0 saturated carbocycles. The summed E-state index contributed by atoms with van der Waals surface area (Å²) in [5.74, 6) is 1.61. The maximum atomic E-state index is 5.54. The Morgan fingerprint density at radius 1 is 1.73 bits per heavy atom. The van der Waals surface area contributed by atoms with Crippen LogP contribution in [-0.2, 0) is 0 Å². The van der Waals surface area contributed by atoms with Crippen molar-refractivity contribution in [2.24, 2.45) is 4.99 Å². The molecule has 78 valence electrons. The number of amidine groups is 1. The molecule has 4 nitrogen and oxygen atoms in total. The van der Waals surface area contributed by atoms with Gasteiger partial charge in [-0.3, -0.25) is 14.9 Å². The highest BCUT2D eigenvalue weighted by Crippen LogP contribution is 2.27. The average Bonchev–Trinajstić information content (AvgIpc) is 2.27. The Hall–Kier alpha value is -1.36. The molecule has 0 aromatic carbocycles. The minimum absolute atomic E-state index is 0.410. The summed E-state index contributed by atoms with van der Waals surface area (Å²) in [7, 11) is 1.74. The van der Waals surface area contributed by atoms with Gasteiger partial charge >= 0.3 is 0 Å². The second-order valence-electron chi connectivity index (χ2n) is 3.00. The van der Waals surface area contributed by atoms with E-state index in [1.54, 1.807) is 19.4 Å². The monoisotopic (exact) mass is 267 g/mol. The van der Waals surface area contributed by atoms with Crippen LogP contribution < -0.4 is 4.74 Å². The summed E-state index contributed by atoms with van der Waals surface area (Å²) in [6.07, 6.45) is 3.44. The maximum absolute atomic E-state index is 5.54. The zero-order valence-corrected chi connectivity index (χ0v) is 9.86. The van der Waals surface area contributed by atoms with Gasteiger partial charge in [-0.2, -0.15) is 0 Å². The Morgan fingerprint density at radius 2 is 2.53 bits per heavy atom. The van der Waals surface area contributed by atoms with E-state index >= 15 is 0 Å². The topological polar surface area (TPSA) is 37.7 Å². The molecule has 0 amide bonds. The molecule has 1 aromatic rings. The molecule has 0 atom stereocenters. The van der Waals surface area contributed by atoms with Crippen molar-refractivity contribution in [2.45, 2.75) is 0 Å². The molecule has 0 fully saturated rings. The van der Waals surface area contributed by atoms with E-state index in [9.17, 15) is 0 Å². The first-order valence-electron chi connectivity index (χ1n) is 4.40. The molecular formula is C10H10BrN3O. The van der Waals surface area contributed by atoms with E-state index in [0.717, 1.165) is 21.8 Å². The van der Waals surface area contributed by atoms with Crippen molar-refractivity contribution in [2.75, 3.05) is 13.8 Å². The van der Waals surface area contributed by atoms with Crippen LogP contribution in [0.3, 0.4) is 0 Å². The van der Waals surface area contributed by atoms with Crippen molar-refractivity contribution in [3.8, 4) is 5.75 Å². The van der Waals surface area contributed by atoms with Gasteiger partial charge in [0.25, 0.3) is 0 Å². The van der Waals surface area contributed by atoms with Gasteiger partial charge in [0.1, 0.15) is 11.6 Å². The highest BCUT2D eigenvalue weighted by atomic mass is 79.9. The number of fused-ring (bicyclic) bond motifs is 1. The van der Waals surface area contributed by atoms with Crippen LogP contribution in [0.15, 0.2) is 34.6 Å². The molecule has 2 rings (SSSR count). The molecule has 0 spiro atoms. The maximum Gasteiger partial charge on any atom is 0.167 e. The molecule has 0 saturated heterocycles. The van der Waals surface area contributed by atoms with Gasteiger partial charge in [-0.15, -0.1) is 0 Å². The number of halogens is 1. The summed E-state index contributed by atoms with van der Waals surface area (Å²) in [5, 5.41) is 0. The van der Waals surface area contributed by atoms with Gasteiger partial charge in [0.05, 0.1) is 10.2 Å². The van der Waals surface area contributed by atoms with Crippen LogP contribution in [0.2, 0.25) is 0 Å². The lowest BCUT2D eigenvalue weighted by Gasteiger charge is -2.30. The summed E-state index contributed by atoms with van der Waals surface area (Å²) >= 11 is 3.32. The van der Waals surface area contributed by atoms with Crippen LogP contribution in [0.5, 0.6) is 5.75 Å². The largest absolute Gasteiger partial charge is 0.472 e.